The number of amides is 1. The summed E-state index contributed by atoms with van der Waals surface area (Å²) >= 11 is 6.00. The van der Waals surface area contributed by atoms with Gasteiger partial charge < -0.3 is 5.32 Å². The van der Waals surface area contributed by atoms with Gasteiger partial charge in [0.15, 0.2) is 5.16 Å². The predicted molar refractivity (Wildman–Crippen MR) is 103 cm³/mol. The van der Waals surface area contributed by atoms with E-state index in [2.05, 4.69) is 26.2 Å². The molecule has 0 radical (unpaired) electrons. The van der Waals surface area contributed by atoms with Gasteiger partial charge in [-0.1, -0.05) is 27.7 Å². The molecule has 1 atom stereocenters. The zero-order valence-electron chi connectivity index (χ0n) is 12.9. The largest absolute Gasteiger partial charge is 0.325 e. The number of carbonyl (C=O) groups excluding carboxylic acids is 1. The number of thiophene rings is 1. The first-order valence-corrected chi connectivity index (χ1v) is 9.68. The summed E-state index contributed by atoms with van der Waals surface area (Å²) in [7, 11) is 1.68. The lowest BCUT2D eigenvalue weighted by Gasteiger charge is -2.13. The van der Waals surface area contributed by atoms with E-state index in [4.69, 9.17) is 0 Å². The molecular formula is C16H14BrN3O2S2. The predicted octanol–water partition coefficient (Wildman–Crippen LogP) is 3.88. The number of hydrogen-bond donors (Lipinski definition) is 1. The molecule has 0 spiro atoms. The summed E-state index contributed by atoms with van der Waals surface area (Å²) in [6.45, 7) is 1.79. The summed E-state index contributed by atoms with van der Waals surface area (Å²) < 4.78 is 3.08. The van der Waals surface area contributed by atoms with Crippen LogP contribution in [0.2, 0.25) is 0 Å². The van der Waals surface area contributed by atoms with Gasteiger partial charge in [-0.05, 0) is 42.6 Å². The minimum absolute atomic E-state index is 0.0852. The first-order valence-electron chi connectivity index (χ1n) is 7.13. The van der Waals surface area contributed by atoms with Crippen LogP contribution in [0.3, 0.4) is 0 Å². The van der Waals surface area contributed by atoms with Crippen molar-refractivity contribution in [3.05, 3.63) is 50.5 Å². The minimum Gasteiger partial charge on any atom is -0.325 e. The van der Waals surface area contributed by atoms with Gasteiger partial charge in [0.05, 0.1) is 10.8 Å². The van der Waals surface area contributed by atoms with Crippen molar-refractivity contribution in [2.24, 2.45) is 7.05 Å². The van der Waals surface area contributed by atoms with Gasteiger partial charge in [-0.3, -0.25) is 14.2 Å². The monoisotopic (exact) mass is 423 g/mol. The van der Waals surface area contributed by atoms with Crippen molar-refractivity contribution in [2.75, 3.05) is 5.32 Å². The SMILES string of the molecule is CC(Sc1nc2ccsc2c(=O)n1C)C(=O)Nc1ccc(Br)cc1. The lowest BCUT2D eigenvalue weighted by atomic mass is 10.3. The average molecular weight is 424 g/mol. The summed E-state index contributed by atoms with van der Waals surface area (Å²) in [4.78, 5) is 29.1. The lowest BCUT2D eigenvalue weighted by molar-refractivity contribution is -0.115. The number of benzene rings is 1. The number of anilines is 1. The van der Waals surface area contributed by atoms with Crippen LogP contribution in [0.1, 0.15) is 6.92 Å². The van der Waals surface area contributed by atoms with Crippen LogP contribution >= 0.6 is 39.0 Å². The summed E-state index contributed by atoms with van der Waals surface area (Å²) in [5.41, 5.74) is 1.31. The molecule has 124 valence electrons. The number of rotatable bonds is 4. The molecule has 0 aliphatic carbocycles. The third-order valence-corrected chi connectivity index (χ3v) is 5.97. The molecule has 1 aromatic carbocycles. The molecule has 3 aromatic rings. The molecule has 5 nitrogen and oxygen atoms in total. The van der Waals surface area contributed by atoms with Crippen LogP contribution in [0.15, 0.2) is 50.1 Å². The van der Waals surface area contributed by atoms with E-state index in [1.165, 1.54) is 27.7 Å². The quantitative estimate of drug-likeness (QED) is 0.510. The van der Waals surface area contributed by atoms with Crippen molar-refractivity contribution in [1.29, 1.82) is 0 Å². The molecule has 1 N–H and O–H groups in total. The van der Waals surface area contributed by atoms with Gasteiger partial charge in [-0.15, -0.1) is 11.3 Å². The summed E-state index contributed by atoms with van der Waals surface area (Å²) in [5, 5.41) is 4.85. The molecule has 1 amide bonds. The molecule has 0 fully saturated rings. The van der Waals surface area contributed by atoms with Gasteiger partial charge in [0, 0.05) is 17.2 Å². The Morgan fingerprint density at radius 2 is 2.04 bits per heavy atom. The molecule has 8 heteroatoms. The second kappa shape index (κ2) is 7.08. The van der Waals surface area contributed by atoms with E-state index >= 15 is 0 Å². The molecule has 0 saturated carbocycles. The van der Waals surface area contributed by atoms with Crippen molar-refractivity contribution in [3.8, 4) is 0 Å². The van der Waals surface area contributed by atoms with Gasteiger partial charge in [0.25, 0.3) is 5.56 Å². The van der Waals surface area contributed by atoms with Crippen LogP contribution in [0.4, 0.5) is 5.69 Å². The molecule has 0 saturated heterocycles. The number of hydrogen-bond acceptors (Lipinski definition) is 5. The number of carbonyl (C=O) groups is 1. The maximum Gasteiger partial charge on any atom is 0.271 e. The Morgan fingerprint density at radius 3 is 2.75 bits per heavy atom. The Balaban J connectivity index is 1.77. The highest BCUT2D eigenvalue weighted by Crippen LogP contribution is 2.24. The third-order valence-electron chi connectivity index (χ3n) is 3.41. The van der Waals surface area contributed by atoms with Crippen molar-refractivity contribution >= 4 is 60.8 Å². The van der Waals surface area contributed by atoms with E-state index in [-0.39, 0.29) is 16.7 Å². The zero-order valence-corrected chi connectivity index (χ0v) is 16.2. The molecule has 0 aliphatic rings. The lowest BCUT2D eigenvalue weighted by Crippen LogP contribution is -2.25. The van der Waals surface area contributed by atoms with Gasteiger partial charge >= 0.3 is 0 Å². The van der Waals surface area contributed by atoms with E-state index in [1.807, 2.05) is 35.7 Å². The Bertz CT molecular complexity index is 950. The van der Waals surface area contributed by atoms with Crippen LogP contribution in [0, 0.1) is 0 Å². The molecule has 2 heterocycles. The Kier molecular flexibility index (Phi) is 5.07. The minimum atomic E-state index is -0.386. The molecular weight excluding hydrogens is 410 g/mol. The highest BCUT2D eigenvalue weighted by atomic mass is 79.9. The Hall–Kier alpha value is -1.64. The molecule has 24 heavy (non-hydrogen) atoms. The second-order valence-electron chi connectivity index (χ2n) is 5.15. The summed E-state index contributed by atoms with van der Waals surface area (Å²) in [6.07, 6.45) is 0. The molecule has 0 bridgehead atoms. The maximum atomic E-state index is 12.4. The van der Waals surface area contributed by atoms with Crippen LogP contribution in [0.5, 0.6) is 0 Å². The molecule has 3 rings (SSSR count). The number of thioether (sulfide) groups is 1. The highest BCUT2D eigenvalue weighted by molar-refractivity contribution is 9.10. The van der Waals surface area contributed by atoms with Crippen molar-refractivity contribution in [2.45, 2.75) is 17.3 Å². The Morgan fingerprint density at radius 1 is 1.33 bits per heavy atom. The smallest absolute Gasteiger partial charge is 0.271 e. The summed E-state index contributed by atoms with van der Waals surface area (Å²) in [5.74, 6) is -0.137. The first kappa shape index (κ1) is 17.2. The molecule has 1 unspecified atom stereocenters. The zero-order chi connectivity index (χ0) is 17.3. The van der Waals surface area contributed by atoms with Crippen LogP contribution in [-0.2, 0) is 11.8 Å². The van der Waals surface area contributed by atoms with Crippen LogP contribution in [0.25, 0.3) is 10.2 Å². The van der Waals surface area contributed by atoms with Gasteiger partial charge in [-0.2, -0.15) is 0 Å². The fraction of sp³-hybridized carbons (Fsp3) is 0.188. The van der Waals surface area contributed by atoms with E-state index in [1.54, 1.807) is 14.0 Å². The third kappa shape index (κ3) is 3.55. The average Bonchev–Trinajstić information content (AvgIpc) is 3.03. The molecule has 0 aliphatic heterocycles. The van der Waals surface area contributed by atoms with Gasteiger partial charge in [0.2, 0.25) is 5.91 Å². The number of nitrogens with one attached hydrogen (secondary N) is 1. The fourth-order valence-electron chi connectivity index (χ4n) is 2.06. The summed E-state index contributed by atoms with van der Waals surface area (Å²) in [6, 6.07) is 9.19. The first-order chi connectivity index (χ1) is 11.5. The number of aromatic nitrogens is 2. The number of halogens is 1. The number of nitrogens with zero attached hydrogens (tertiary/aromatic N) is 2. The van der Waals surface area contributed by atoms with Crippen molar-refractivity contribution in [1.82, 2.24) is 9.55 Å². The van der Waals surface area contributed by atoms with Crippen LogP contribution in [-0.4, -0.2) is 20.7 Å². The van der Waals surface area contributed by atoms with E-state index in [0.29, 0.717) is 15.4 Å². The molecule has 2 aromatic heterocycles. The number of fused-ring (bicyclic) bond motifs is 1. The standard InChI is InChI=1S/C16H14BrN3O2S2/c1-9(14(21)18-11-5-3-10(17)4-6-11)24-16-19-12-7-8-23-13(12)15(22)20(16)2/h3-9H,1-2H3,(H,18,21). The van der Waals surface area contributed by atoms with E-state index in [9.17, 15) is 9.59 Å². The Labute approximate surface area is 155 Å². The van der Waals surface area contributed by atoms with Crippen molar-refractivity contribution in [3.63, 3.8) is 0 Å². The fourth-order valence-corrected chi connectivity index (χ4v) is 4.01. The van der Waals surface area contributed by atoms with Gasteiger partial charge in [-0.25, -0.2) is 4.98 Å². The van der Waals surface area contributed by atoms with E-state index in [0.717, 1.165) is 10.2 Å². The second-order valence-corrected chi connectivity index (χ2v) is 8.29. The normalized spacial score (nSPS) is 12.3. The van der Waals surface area contributed by atoms with Crippen LogP contribution < -0.4 is 10.9 Å². The van der Waals surface area contributed by atoms with Crippen molar-refractivity contribution < 1.29 is 4.79 Å². The highest BCUT2D eigenvalue weighted by Gasteiger charge is 2.18. The topological polar surface area (TPSA) is 64.0 Å². The van der Waals surface area contributed by atoms with Gasteiger partial charge in [0.1, 0.15) is 4.70 Å². The maximum absolute atomic E-state index is 12.4. The van der Waals surface area contributed by atoms with E-state index < -0.39 is 0 Å².